The number of aryl methyl sites for hydroxylation is 3. The van der Waals surface area contributed by atoms with Crippen LogP contribution < -0.4 is 5.32 Å². The quantitative estimate of drug-likeness (QED) is 0.802. The van der Waals surface area contributed by atoms with Crippen LogP contribution in [0.15, 0.2) is 36.1 Å². The van der Waals surface area contributed by atoms with Gasteiger partial charge in [-0.1, -0.05) is 6.07 Å². The number of rotatable bonds is 4. The molecule has 20 heavy (non-hydrogen) atoms. The topological polar surface area (TPSA) is 47.7 Å². The van der Waals surface area contributed by atoms with Crippen LogP contribution in [0.2, 0.25) is 0 Å². The first-order valence-electron chi connectivity index (χ1n) is 6.42. The molecule has 1 unspecified atom stereocenters. The van der Waals surface area contributed by atoms with Gasteiger partial charge in [0, 0.05) is 37.6 Å². The van der Waals surface area contributed by atoms with Crippen LogP contribution in [0.3, 0.4) is 0 Å². The summed E-state index contributed by atoms with van der Waals surface area (Å²) in [5.41, 5.74) is 2.03. The van der Waals surface area contributed by atoms with Crippen LogP contribution in [-0.4, -0.2) is 19.3 Å². The Hall–Kier alpha value is -2.08. The van der Waals surface area contributed by atoms with Crippen LogP contribution in [0, 0.1) is 6.92 Å². The van der Waals surface area contributed by atoms with Gasteiger partial charge in [0.05, 0.1) is 11.4 Å². The maximum Gasteiger partial charge on any atom is 0.136 e. The van der Waals surface area contributed by atoms with Crippen LogP contribution in [0.5, 0.6) is 0 Å². The van der Waals surface area contributed by atoms with Crippen molar-refractivity contribution < 1.29 is 0 Å². The van der Waals surface area contributed by atoms with Gasteiger partial charge in [0.25, 0.3) is 0 Å². The summed E-state index contributed by atoms with van der Waals surface area (Å²) >= 11 is 1.73. The highest BCUT2D eigenvalue weighted by Crippen LogP contribution is 2.29. The Morgan fingerprint density at radius 1 is 1.35 bits per heavy atom. The van der Waals surface area contributed by atoms with Gasteiger partial charge in [0.15, 0.2) is 0 Å². The third-order valence-electron chi connectivity index (χ3n) is 3.26. The fraction of sp³-hybridized carbons (Fsp3) is 0.286. The number of anilines is 1. The highest BCUT2D eigenvalue weighted by Gasteiger charge is 2.20. The first kappa shape index (κ1) is 12.9. The number of nitrogens with one attached hydrogen (secondary N) is 1. The summed E-state index contributed by atoms with van der Waals surface area (Å²) in [6.45, 7) is 2.01. The molecule has 0 aliphatic heterocycles. The largest absolute Gasteiger partial charge is 0.368 e. The first-order chi connectivity index (χ1) is 9.65. The molecule has 0 fully saturated rings. The van der Waals surface area contributed by atoms with Gasteiger partial charge in [-0.15, -0.1) is 11.3 Å². The molecule has 0 radical (unpaired) electrons. The molecule has 3 aromatic rings. The van der Waals surface area contributed by atoms with Crippen molar-refractivity contribution in [3.63, 3.8) is 0 Å². The molecule has 3 rings (SSSR count). The highest BCUT2D eigenvalue weighted by atomic mass is 32.1. The molecule has 1 N–H and O–H groups in total. The summed E-state index contributed by atoms with van der Waals surface area (Å²) < 4.78 is 3.87. The molecule has 104 valence electrons. The van der Waals surface area contributed by atoms with Gasteiger partial charge in [-0.25, -0.2) is 4.98 Å². The average molecular weight is 287 g/mol. The Morgan fingerprint density at radius 3 is 2.75 bits per heavy atom. The zero-order chi connectivity index (χ0) is 14.1. The Bertz CT molecular complexity index is 695. The Morgan fingerprint density at radius 2 is 2.20 bits per heavy atom. The van der Waals surface area contributed by atoms with Crippen LogP contribution in [0.4, 0.5) is 5.69 Å². The van der Waals surface area contributed by atoms with Crippen molar-refractivity contribution in [3.05, 3.63) is 52.5 Å². The zero-order valence-electron chi connectivity index (χ0n) is 11.7. The van der Waals surface area contributed by atoms with Crippen molar-refractivity contribution in [1.82, 2.24) is 19.3 Å². The van der Waals surface area contributed by atoms with E-state index in [1.165, 1.54) is 4.88 Å². The number of nitrogens with zero attached hydrogens (tertiary/aromatic N) is 4. The Kier molecular flexibility index (Phi) is 3.31. The maximum atomic E-state index is 4.48. The maximum absolute atomic E-state index is 4.48. The minimum atomic E-state index is 0.0397. The van der Waals surface area contributed by atoms with Crippen molar-refractivity contribution in [1.29, 1.82) is 0 Å². The lowest BCUT2D eigenvalue weighted by molar-refractivity contribution is 0.754. The van der Waals surface area contributed by atoms with Crippen molar-refractivity contribution in [2.75, 3.05) is 5.32 Å². The van der Waals surface area contributed by atoms with Gasteiger partial charge in [0.1, 0.15) is 11.9 Å². The molecule has 0 bridgehead atoms. The second-order valence-electron chi connectivity index (χ2n) is 4.79. The minimum Gasteiger partial charge on any atom is -0.368 e. The minimum absolute atomic E-state index is 0.0397. The fourth-order valence-electron chi connectivity index (χ4n) is 2.27. The van der Waals surface area contributed by atoms with Crippen LogP contribution in [0.25, 0.3) is 0 Å². The summed E-state index contributed by atoms with van der Waals surface area (Å²) in [6.07, 6.45) is 5.79. The van der Waals surface area contributed by atoms with E-state index in [0.717, 1.165) is 17.2 Å². The molecular formula is C14H17N5S. The van der Waals surface area contributed by atoms with E-state index in [9.17, 15) is 0 Å². The van der Waals surface area contributed by atoms with E-state index in [0.29, 0.717) is 0 Å². The van der Waals surface area contributed by atoms with E-state index in [1.807, 2.05) is 48.9 Å². The molecule has 3 aromatic heterocycles. The Labute approximate surface area is 121 Å². The molecule has 6 heteroatoms. The predicted octanol–water partition coefficient (Wildman–Crippen LogP) is 2.73. The van der Waals surface area contributed by atoms with E-state index >= 15 is 0 Å². The molecule has 0 aliphatic rings. The van der Waals surface area contributed by atoms with Crippen molar-refractivity contribution in [2.45, 2.75) is 13.0 Å². The molecule has 0 amide bonds. The molecule has 3 heterocycles. The zero-order valence-corrected chi connectivity index (χ0v) is 12.6. The van der Waals surface area contributed by atoms with Crippen LogP contribution in [0.1, 0.15) is 22.4 Å². The van der Waals surface area contributed by atoms with Crippen LogP contribution >= 0.6 is 11.3 Å². The summed E-state index contributed by atoms with van der Waals surface area (Å²) in [6, 6.07) is 4.23. The summed E-state index contributed by atoms with van der Waals surface area (Å²) in [7, 11) is 3.94. The number of imidazole rings is 1. The van der Waals surface area contributed by atoms with E-state index < -0.39 is 0 Å². The summed E-state index contributed by atoms with van der Waals surface area (Å²) in [4.78, 5) is 5.72. The van der Waals surface area contributed by atoms with Crippen molar-refractivity contribution in [3.8, 4) is 0 Å². The molecule has 0 aromatic carbocycles. The molecule has 5 nitrogen and oxygen atoms in total. The normalized spacial score (nSPS) is 12.6. The number of aromatic nitrogens is 4. The van der Waals surface area contributed by atoms with E-state index in [2.05, 4.69) is 32.9 Å². The molecule has 0 aliphatic carbocycles. The van der Waals surface area contributed by atoms with Gasteiger partial charge in [-0.2, -0.15) is 5.10 Å². The van der Waals surface area contributed by atoms with Crippen molar-refractivity contribution in [2.24, 2.45) is 14.1 Å². The summed E-state index contributed by atoms with van der Waals surface area (Å²) in [5.74, 6) is 0.996. The molecular weight excluding hydrogens is 270 g/mol. The molecule has 0 saturated heterocycles. The monoisotopic (exact) mass is 287 g/mol. The lowest BCUT2D eigenvalue weighted by atomic mass is 10.2. The SMILES string of the molecule is Cc1nn(C)cc1NC(c1cccs1)c1nccn1C. The number of thiophene rings is 1. The number of hydrogen-bond donors (Lipinski definition) is 1. The fourth-order valence-corrected chi connectivity index (χ4v) is 3.04. The Balaban J connectivity index is 1.99. The smallest absolute Gasteiger partial charge is 0.136 e. The van der Waals surface area contributed by atoms with Gasteiger partial charge >= 0.3 is 0 Å². The second kappa shape index (κ2) is 5.13. The average Bonchev–Trinajstić information content (AvgIpc) is 3.10. The van der Waals surface area contributed by atoms with E-state index in [1.54, 1.807) is 11.3 Å². The van der Waals surface area contributed by atoms with Crippen molar-refractivity contribution >= 4 is 17.0 Å². The number of hydrogen-bond acceptors (Lipinski definition) is 4. The van der Waals surface area contributed by atoms with Crippen LogP contribution in [-0.2, 0) is 14.1 Å². The van der Waals surface area contributed by atoms with E-state index in [4.69, 9.17) is 0 Å². The molecule has 0 saturated carbocycles. The third-order valence-corrected chi connectivity index (χ3v) is 4.19. The third kappa shape index (κ3) is 2.34. The second-order valence-corrected chi connectivity index (χ2v) is 5.77. The van der Waals surface area contributed by atoms with Gasteiger partial charge in [0.2, 0.25) is 0 Å². The van der Waals surface area contributed by atoms with Gasteiger partial charge < -0.3 is 9.88 Å². The lowest BCUT2D eigenvalue weighted by Gasteiger charge is -2.18. The molecule has 0 spiro atoms. The highest BCUT2D eigenvalue weighted by molar-refractivity contribution is 7.10. The molecule has 1 atom stereocenters. The van der Waals surface area contributed by atoms with Gasteiger partial charge in [-0.05, 0) is 18.4 Å². The first-order valence-corrected chi connectivity index (χ1v) is 7.30. The predicted molar refractivity (Wildman–Crippen MR) is 80.9 cm³/mol. The van der Waals surface area contributed by atoms with E-state index in [-0.39, 0.29) is 6.04 Å². The lowest BCUT2D eigenvalue weighted by Crippen LogP contribution is -2.15. The summed E-state index contributed by atoms with van der Waals surface area (Å²) in [5, 5.41) is 10.0. The standard InChI is InChI=1S/C14H17N5S/c1-10-11(9-19(3)17-10)16-13(12-5-4-8-20-12)14-15-6-7-18(14)2/h4-9,13,16H,1-3H3. The van der Waals surface area contributed by atoms with Gasteiger partial charge in [-0.3, -0.25) is 4.68 Å².